The van der Waals surface area contributed by atoms with Gasteiger partial charge >= 0.3 is 6.18 Å². The first kappa shape index (κ1) is 30.2. The summed E-state index contributed by atoms with van der Waals surface area (Å²) in [6, 6.07) is 5.81. The number of carbonyl (C=O) groups excluding carboxylic acids is 3. The van der Waals surface area contributed by atoms with E-state index in [1.165, 1.54) is 30.0 Å². The quantitative estimate of drug-likeness (QED) is 0.373. The summed E-state index contributed by atoms with van der Waals surface area (Å²) in [6.07, 6.45) is -5.19. The number of halogens is 6. The zero-order valence-corrected chi connectivity index (χ0v) is 23.4. The number of carbonyl (C=O) groups is 3. The third-order valence-electron chi connectivity index (χ3n) is 9.24. The van der Waals surface area contributed by atoms with E-state index in [0.29, 0.717) is 19.3 Å². The lowest BCUT2D eigenvalue weighted by Crippen LogP contribution is -2.82. The van der Waals surface area contributed by atoms with Crippen molar-refractivity contribution in [3.8, 4) is 5.75 Å². The number of alkyl halides is 3. The van der Waals surface area contributed by atoms with Crippen molar-refractivity contribution in [2.75, 3.05) is 12.4 Å². The molecule has 2 aromatic carbocycles. The molecule has 3 amide bonds. The smallest absolute Gasteiger partial charge is 0.417 e. The maximum atomic E-state index is 14.6. The molecule has 2 aliphatic heterocycles. The molecule has 42 heavy (non-hydrogen) atoms. The fourth-order valence-electron chi connectivity index (χ4n) is 7.05. The minimum Gasteiger partial charge on any atom is -0.493 e. The van der Waals surface area contributed by atoms with Gasteiger partial charge in [0.15, 0.2) is 17.2 Å². The molecule has 5 aliphatic rings. The fraction of sp³-hybridized carbons (Fsp3) is 0.464. The van der Waals surface area contributed by atoms with Gasteiger partial charge in [0.25, 0.3) is 17.7 Å². The first-order chi connectivity index (χ1) is 19.1. The van der Waals surface area contributed by atoms with Crippen molar-refractivity contribution in [3.05, 3.63) is 58.7 Å². The summed E-state index contributed by atoms with van der Waals surface area (Å²) in [5.74, 6) is -8.16. The Morgan fingerprint density at radius 2 is 1.71 bits per heavy atom. The molecule has 2 aromatic rings. The molecule has 4 atom stereocenters. The van der Waals surface area contributed by atoms with E-state index in [0.717, 1.165) is 26.2 Å². The van der Waals surface area contributed by atoms with Gasteiger partial charge in [0.2, 0.25) is 5.82 Å². The Morgan fingerprint density at radius 1 is 1.10 bits per heavy atom. The van der Waals surface area contributed by atoms with Crippen LogP contribution in [-0.4, -0.2) is 58.7 Å². The largest absolute Gasteiger partial charge is 0.493 e. The predicted molar refractivity (Wildman–Crippen MR) is 140 cm³/mol. The van der Waals surface area contributed by atoms with E-state index in [4.69, 9.17) is 15.2 Å². The van der Waals surface area contributed by atoms with Gasteiger partial charge in [-0.05, 0) is 50.5 Å². The summed E-state index contributed by atoms with van der Waals surface area (Å²) < 4.78 is 81.4. The van der Waals surface area contributed by atoms with Crippen molar-refractivity contribution in [1.29, 1.82) is 0 Å². The Labute approximate surface area is 243 Å². The van der Waals surface area contributed by atoms with E-state index in [-0.39, 0.29) is 40.3 Å². The van der Waals surface area contributed by atoms with E-state index in [1.54, 1.807) is 0 Å². The Morgan fingerprint density at radius 3 is 2.29 bits per heavy atom. The number of nitrogens with zero attached hydrogens (tertiary/aromatic N) is 1. The number of methoxy groups -OCH3 is 1. The molecule has 14 heteroatoms. The number of imide groups is 1. The van der Waals surface area contributed by atoms with Crippen molar-refractivity contribution >= 4 is 35.8 Å². The molecule has 8 nitrogen and oxygen atoms in total. The number of hydrogen-bond acceptors (Lipinski definition) is 6. The van der Waals surface area contributed by atoms with E-state index < -0.39 is 70.4 Å². The minimum atomic E-state index is -4.92. The minimum absolute atomic E-state index is 0. The monoisotopic (exact) mass is 615 g/mol. The summed E-state index contributed by atoms with van der Waals surface area (Å²) in [6.45, 7) is 1.99. The number of amides is 3. The van der Waals surface area contributed by atoms with Gasteiger partial charge < -0.3 is 20.5 Å². The first-order valence-electron chi connectivity index (χ1n) is 12.9. The number of rotatable bonds is 5. The Bertz CT molecular complexity index is 1510. The van der Waals surface area contributed by atoms with Gasteiger partial charge in [-0.2, -0.15) is 17.6 Å². The number of fused-ring (bicyclic) bond motifs is 1. The van der Waals surface area contributed by atoms with Crippen LogP contribution < -0.4 is 15.8 Å². The van der Waals surface area contributed by atoms with Gasteiger partial charge in [-0.25, -0.2) is 4.39 Å². The summed E-state index contributed by atoms with van der Waals surface area (Å²) in [7, 11) is 1.03. The van der Waals surface area contributed by atoms with Gasteiger partial charge in [-0.15, -0.1) is 12.4 Å². The van der Waals surface area contributed by atoms with Gasteiger partial charge in [-0.3, -0.25) is 19.3 Å². The van der Waals surface area contributed by atoms with Gasteiger partial charge in [-0.1, -0.05) is 13.0 Å². The third-order valence-corrected chi connectivity index (χ3v) is 9.24. The van der Waals surface area contributed by atoms with Crippen molar-refractivity contribution in [2.24, 2.45) is 11.7 Å². The second-order valence-electron chi connectivity index (χ2n) is 11.8. The number of benzene rings is 2. The van der Waals surface area contributed by atoms with Crippen molar-refractivity contribution in [3.63, 3.8) is 0 Å². The van der Waals surface area contributed by atoms with E-state index >= 15 is 0 Å². The molecule has 226 valence electrons. The van der Waals surface area contributed by atoms with Gasteiger partial charge in [0.1, 0.15) is 6.10 Å². The second-order valence-corrected chi connectivity index (χ2v) is 11.8. The normalized spacial score (nSPS) is 33.0. The van der Waals surface area contributed by atoms with Crippen LogP contribution in [0.2, 0.25) is 0 Å². The Balaban J connectivity index is 0.00000353. The highest BCUT2D eigenvalue weighted by Gasteiger charge is 2.72. The van der Waals surface area contributed by atoms with Crippen LogP contribution in [0.4, 0.5) is 27.6 Å². The molecule has 3 aliphatic carbocycles. The van der Waals surface area contributed by atoms with E-state index in [9.17, 15) is 36.3 Å². The zero-order chi connectivity index (χ0) is 29.9. The molecule has 3 N–H and O–H groups in total. The van der Waals surface area contributed by atoms with Crippen LogP contribution in [0.1, 0.15) is 65.3 Å². The molecule has 2 heterocycles. The number of nitrogens with one attached hydrogen (secondary N) is 1. The molecule has 0 radical (unpaired) electrons. The summed E-state index contributed by atoms with van der Waals surface area (Å²) in [4.78, 5) is 40.9. The Hall–Kier alpha value is -3.29. The van der Waals surface area contributed by atoms with Crippen LogP contribution in [0.25, 0.3) is 0 Å². The van der Waals surface area contributed by atoms with Crippen molar-refractivity contribution < 1.29 is 45.8 Å². The number of anilines is 1. The highest BCUT2D eigenvalue weighted by molar-refractivity contribution is 6.22. The van der Waals surface area contributed by atoms with Crippen molar-refractivity contribution in [2.45, 2.75) is 68.0 Å². The van der Waals surface area contributed by atoms with Crippen LogP contribution in [0.15, 0.2) is 30.3 Å². The predicted octanol–water partition coefficient (Wildman–Crippen LogP) is 4.70. The second kappa shape index (κ2) is 9.35. The van der Waals surface area contributed by atoms with Crippen molar-refractivity contribution in [1.82, 2.24) is 4.90 Å². The van der Waals surface area contributed by atoms with Crippen LogP contribution in [0.3, 0.4) is 0 Å². The molecule has 3 saturated carbocycles. The van der Waals surface area contributed by atoms with E-state index in [1.807, 2.05) is 0 Å². The topological polar surface area (TPSA) is 111 Å². The number of ether oxygens (including phenoxy) is 2. The van der Waals surface area contributed by atoms with E-state index in [2.05, 4.69) is 5.32 Å². The molecule has 4 fully saturated rings. The molecule has 7 rings (SSSR count). The molecule has 0 unspecified atom stereocenters. The van der Waals surface area contributed by atoms with Crippen LogP contribution in [0.5, 0.6) is 5.75 Å². The summed E-state index contributed by atoms with van der Waals surface area (Å²) in [5, 5.41) is 2.48. The first-order valence-corrected chi connectivity index (χ1v) is 12.9. The lowest BCUT2D eigenvalue weighted by atomic mass is 9.44. The molecular weight excluding hydrogens is 589 g/mol. The maximum absolute atomic E-state index is 14.6. The Kier molecular flexibility index (Phi) is 6.72. The van der Waals surface area contributed by atoms with Crippen LogP contribution in [-0.2, 0) is 9.53 Å². The van der Waals surface area contributed by atoms with Crippen LogP contribution >= 0.6 is 12.4 Å². The summed E-state index contributed by atoms with van der Waals surface area (Å²) >= 11 is 0. The average Bonchev–Trinajstić information content (AvgIpc) is 3.28. The lowest BCUT2D eigenvalue weighted by Gasteiger charge is -2.70. The molecule has 0 spiro atoms. The standard InChI is InChI=1S/C28H26F5N3O5.ClH/c1-12-18(15-6-7-17(29)19(30)20(15)40-3)21(41-25(12,2)28(31,32)33)22(37)35-13-4-5-14-16(8-13)24(39)36(23(14)38)27-9-26(34,10-27)11-27;/h4-8,12,18,21H,9-11,34H2,1-3H3,(H,35,37);1H/t12-,18-,21+,25+,26?,27?;/m0./s1. The maximum Gasteiger partial charge on any atom is 0.417 e. The third kappa shape index (κ3) is 3.96. The van der Waals surface area contributed by atoms with Crippen LogP contribution in [0, 0.1) is 17.6 Å². The lowest BCUT2D eigenvalue weighted by molar-refractivity contribution is -0.272. The molecule has 0 aromatic heterocycles. The average molecular weight is 616 g/mol. The molecule has 1 saturated heterocycles. The highest BCUT2D eigenvalue weighted by Crippen LogP contribution is 2.63. The fourth-order valence-corrected chi connectivity index (χ4v) is 7.05. The molecular formula is C28H27ClF5N3O5. The summed E-state index contributed by atoms with van der Waals surface area (Å²) in [5.41, 5.74) is 2.36. The highest BCUT2D eigenvalue weighted by atomic mass is 35.5. The SMILES string of the molecule is COc1c([C@H]2[C@H](C(=O)Nc3ccc4c(c3)C(=O)N(C35CC(N)(C3)C5)C4=O)O[C@@](C)(C(F)(F)F)[C@H]2C)ccc(F)c1F.Cl. The van der Waals surface area contributed by atoms with Gasteiger partial charge in [0, 0.05) is 28.6 Å². The van der Waals surface area contributed by atoms with Gasteiger partial charge in [0.05, 0.1) is 23.8 Å². The number of hydrogen-bond donors (Lipinski definition) is 2. The zero-order valence-electron chi connectivity index (χ0n) is 22.6. The number of nitrogens with two attached hydrogens (primary N) is 1. The molecule has 2 bridgehead atoms.